The number of hydrogen-bond donors (Lipinski definition) is 0. The Bertz CT molecular complexity index is 137. The van der Waals surface area contributed by atoms with Crippen molar-refractivity contribution in [2.24, 2.45) is 0 Å². The summed E-state index contributed by atoms with van der Waals surface area (Å²) in [6, 6.07) is 0.814. The summed E-state index contributed by atoms with van der Waals surface area (Å²) in [4.78, 5) is 5.13. The van der Waals surface area contributed by atoms with Gasteiger partial charge in [-0.05, 0) is 26.1 Å². The molecular weight excluding hydrogens is 228 g/mol. The fourth-order valence-corrected chi connectivity index (χ4v) is 2.67. The number of halogens is 1. The zero-order valence-electron chi connectivity index (χ0n) is 8.80. The molecule has 1 fully saturated rings. The van der Waals surface area contributed by atoms with Crippen LogP contribution in [-0.4, -0.2) is 53.9 Å². The van der Waals surface area contributed by atoms with Gasteiger partial charge in [-0.3, -0.25) is 4.90 Å². The molecule has 2 nitrogen and oxygen atoms in total. The predicted molar refractivity (Wildman–Crippen MR) is 61.6 cm³/mol. The number of hydrogen-bond acceptors (Lipinski definition) is 2. The van der Waals surface area contributed by atoms with Gasteiger partial charge in [-0.1, -0.05) is 29.8 Å². The van der Waals surface area contributed by atoms with Crippen molar-refractivity contribution in [2.45, 2.75) is 26.3 Å². The van der Waals surface area contributed by atoms with Crippen LogP contribution in [0, 0.1) is 0 Å². The van der Waals surface area contributed by atoms with Crippen LogP contribution in [0.2, 0.25) is 0 Å². The molecule has 0 radical (unpaired) electrons. The highest BCUT2D eigenvalue weighted by Crippen LogP contribution is 2.14. The summed E-state index contributed by atoms with van der Waals surface area (Å²) in [6.07, 6.45) is 1.36. The van der Waals surface area contributed by atoms with E-state index in [1.54, 1.807) is 0 Å². The molecule has 0 aromatic rings. The fraction of sp³-hybridized carbons (Fsp3) is 1.00. The molecule has 13 heavy (non-hydrogen) atoms. The minimum Gasteiger partial charge on any atom is -0.301 e. The van der Waals surface area contributed by atoms with Gasteiger partial charge in [0.1, 0.15) is 0 Å². The van der Waals surface area contributed by atoms with Crippen LogP contribution >= 0.6 is 15.9 Å². The Labute approximate surface area is 90.4 Å². The largest absolute Gasteiger partial charge is 0.301 e. The van der Waals surface area contributed by atoms with Crippen molar-refractivity contribution in [3.63, 3.8) is 0 Å². The van der Waals surface area contributed by atoms with Crippen LogP contribution < -0.4 is 0 Å². The summed E-state index contributed by atoms with van der Waals surface area (Å²) in [5.41, 5.74) is 0. The van der Waals surface area contributed by atoms with E-state index in [0.29, 0.717) is 0 Å². The third-order valence-electron chi connectivity index (χ3n) is 2.98. The predicted octanol–water partition coefficient (Wildman–Crippen LogP) is 1.80. The van der Waals surface area contributed by atoms with Crippen molar-refractivity contribution in [3.8, 4) is 0 Å². The summed E-state index contributed by atoms with van der Waals surface area (Å²) in [6.45, 7) is 10.7. The van der Waals surface area contributed by atoms with Gasteiger partial charge < -0.3 is 4.90 Å². The monoisotopic (exact) mass is 248 g/mol. The van der Waals surface area contributed by atoms with Gasteiger partial charge in [-0.15, -0.1) is 0 Å². The van der Waals surface area contributed by atoms with Crippen LogP contribution in [0.1, 0.15) is 20.3 Å². The minimum atomic E-state index is 0.814. The highest BCUT2D eigenvalue weighted by Gasteiger charge is 2.25. The van der Waals surface area contributed by atoms with E-state index in [1.807, 2.05) is 0 Å². The maximum Gasteiger partial charge on any atom is 0.0235 e. The van der Waals surface area contributed by atoms with Crippen molar-refractivity contribution in [1.82, 2.24) is 9.80 Å². The zero-order valence-corrected chi connectivity index (χ0v) is 10.4. The first kappa shape index (κ1) is 11.5. The smallest absolute Gasteiger partial charge is 0.0235 e. The van der Waals surface area contributed by atoms with E-state index in [0.717, 1.165) is 11.4 Å². The van der Waals surface area contributed by atoms with Gasteiger partial charge in [0.25, 0.3) is 0 Å². The average molecular weight is 249 g/mol. The molecule has 0 aromatic heterocycles. The van der Waals surface area contributed by atoms with Crippen molar-refractivity contribution in [2.75, 3.05) is 38.1 Å². The highest BCUT2D eigenvalue weighted by atomic mass is 79.9. The van der Waals surface area contributed by atoms with Gasteiger partial charge in [-0.25, -0.2) is 0 Å². The molecule has 1 heterocycles. The molecule has 1 aliphatic rings. The van der Waals surface area contributed by atoms with Gasteiger partial charge in [0, 0.05) is 24.5 Å². The molecule has 0 spiro atoms. The topological polar surface area (TPSA) is 6.48 Å². The first-order valence-electron chi connectivity index (χ1n) is 5.34. The summed E-state index contributed by atoms with van der Waals surface area (Å²) in [5.74, 6) is 0. The van der Waals surface area contributed by atoms with Gasteiger partial charge in [0.2, 0.25) is 0 Å². The maximum atomic E-state index is 3.50. The number of nitrogens with zero attached hydrogens (tertiary/aromatic N) is 2. The molecule has 1 rings (SSSR count). The minimum absolute atomic E-state index is 0.814. The lowest BCUT2D eigenvalue weighted by Crippen LogP contribution is -2.37. The SMILES string of the molecule is CCN(CC)C1CCN(CCBr)C1. The molecule has 0 aromatic carbocycles. The molecule has 0 saturated carbocycles. The Kier molecular flexibility index (Phi) is 5.29. The van der Waals surface area contributed by atoms with Crippen LogP contribution in [0.25, 0.3) is 0 Å². The number of likely N-dealkylation sites (tertiary alicyclic amines) is 1. The molecule has 0 aliphatic carbocycles. The highest BCUT2D eigenvalue weighted by molar-refractivity contribution is 9.09. The molecule has 1 saturated heterocycles. The third-order valence-corrected chi connectivity index (χ3v) is 3.33. The van der Waals surface area contributed by atoms with E-state index in [9.17, 15) is 0 Å². The second kappa shape index (κ2) is 5.99. The van der Waals surface area contributed by atoms with Crippen molar-refractivity contribution < 1.29 is 0 Å². The second-order valence-electron chi connectivity index (χ2n) is 3.65. The molecule has 1 unspecified atom stereocenters. The van der Waals surface area contributed by atoms with Crippen LogP contribution in [0.4, 0.5) is 0 Å². The lowest BCUT2D eigenvalue weighted by Gasteiger charge is -2.26. The van der Waals surface area contributed by atoms with Gasteiger partial charge in [0.15, 0.2) is 0 Å². The average Bonchev–Trinajstić information content (AvgIpc) is 2.56. The van der Waals surface area contributed by atoms with Gasteiger partial charge in [-0.2, -0.15) is 0 Å². The molecule has 0 amide bonds. The van der Waals surface area contributed by atoms with E-state index < -0.39 is 0 Å². The standard InChI is InChI=1S/C10H21BrN2/c1-3-13(4-2)10-5-7-12(9-10)8-6-11/h10H,3-9H2,1-2H3. The van der Waals surface area contributed by atoms with E-state index in [1.165, 1.54) is 39.1 Å². The Morgan fingerprint density at radius 3 is 2.62 bits per heavy atom. The third kappa shape index (κ3) is 3.22. The molecular formula is C10H21BrN2. The summed E-state index contributed by atoms with van der Waals surface area (Å²) < 4.78 is 0. The fourth-order valence-electron chi connectivity index (χ4n) is 2.17. The summed E-state index contributed by atoms with van der Waals surface area (Å²) in [7, 11) is 0. The quantitative estimate of drug-likeness (QED) is 0.685. The maximum absolute atomic E-state index is 3.50. The number of likely N-dealkylation sites (N-methyl/N-ethyl adjacent to an activating group) is 1. The zero-order chi connectivity index (χ0) is 9.68. The Morgan fingerprint density at radius 2 is 2.08 bits per heavy atom. The van der Waals surface area contributed by atoms with Gasteiger partial charge in [0.05, 0.1) is 0 Å². The van der Waals surface area contributed by atoms with Crippen LogP contribution in [-0.2, 0) is 0 Å². The first-order valence-corrected chi connectivity index (χ1v) is 6.46. The Hall–Kier alpha value is 0.400. The first-order chi connectivity index (χ1) is 6.31. The molecule has 1 atom stereocenters. The van der Waals surface area contributed by atoms with Crippen molar-refractivity contribution in [3.05, 3.63) is 0 Å². The molecule has 3 heteroatoms. The lowest BCUT2D eigenvalue weighted by atomic mass is 10.2. The summed E-state index contributed by atoms with van der Waals surface area (Å²) in [5, 5.41) is 1.11. The molecule has 1 aliphatic heterocycles. The Balaban J connectivity index is 2.30. The van der Waals surface area contributed by atoms with Crippen LogP contribution in [0.3, 0.4) is 0 Å². The molecule has 78 valence electrons. The van der Waals surface area contributed by atoms with E-state index in [2.05, 4.69) is 39.6 Å². The number of alkyl halides is 1. The van der Waals surface area contributed by atoms with Crippen LogP contribution in [0.5, 0.6) is 0 Å². The second-order valence-corrected chi connectivity index (χ2v) is 4.45. The molecule has 0 bridgehead atoms. The normalized spacial score (nSPS) is 24.5. The lowest BCUT2D eigenvalue weighted by molar-refractivity contribution is 0.213. The van der Waals surface area contributed by atoms with E-state index in [4.69, 9.17) is 0 Å². The number of rotatable bonds is 5. The van der Waals surface area contributed by atoms with Crippen LogP contribution in [0.15, 0.2) is 0 Å². The van der Waals surface area contributed by atoms with E-state index >= 15 is 0 Å². The Morgan fingerprint density at radius 1 is 1.38 bits per heavy atom. The van der Waals surface area contributed by atoms with Gasteiger partial charge >= 0.3 is 0 Å². The van der Waals surface area contributed by atoms with Crippen molar-refractivity contribution in [1.29, 1.82) is 0 Å². The van der Waals surface area contributed by atoms with Crippen molar-refractivity contribution >= 4 is 15.9 Å². The van der Waals surface area contributed by atoms with E-state index in [-0.39, 0.29) is 0 Å². The molecule has 0 N–H and O–H groups in total. The summed E-state index contributed by atoms with van der Waals surface area (Å²) >= 11 is 3.50.